The number of carbonyl (C=O) groups excluding carboxylic acids is 1. The minimum atomic E-state index is -0.390. The van der Waals surface area contributed by atoms with Gasteiger partial charge in [-0.25, -0.2) is 9.67 Å². The van der Waals surface area contributed by atoms with Crippen LogP contribution in [0.5, 0.6) is 0 Å². The number of benzene rings is 1. The molecule has 3 aromatic rings. The van der Waals surface area contributed by atoms with Crippen LogP contribution in [0.15, 0.2) is 66.3 Å². The van der Waals surface area contributed by atoms with Crippen LogP contribution in [0.25, 0.3) is 0 Å². The molecule has 4 rings (SSSR count). The van der Waals surface area contributed by atoms with Crippen LogP contribution < -0.4 is 15.5 Å². The van der Waals surface area contributed by atoms with Gasteiger partial charge in [0, 0.05) is 31.7 Å². The fraction of sp³-hybridized carbons (Fsp3) is 0.200. The first-order valence-corrected chi connectivity index (χ1v) is 8.91. The number of carbonyl (C=O) groups is 1. The van der Waals surface area contributed by atoms with Crippen LogP contribution in [0.2, 0.25) is 0 Å². The number of pyridine rings is 1. The van der Waals surface area contributed by atoms with Gasteiger partial charge >= 0.3 is 0 Å². The van der Waals surface area contributed by atoms with Gasteiger partial charge in [0.2, 0.25) is 5.95 Å². The van der Waals surface area contributed by atoms with E-state index in [-0.39, 0.29) is 5.91 Å². The quantitative estimate of drug-likeness (QED) is 0.729. The fourth-order valence-electron chi connectivity index (χ4n) is 3.27. The Hall–Kier alpha value is -3.68. The van der Waals surface area contributed by atoms with Gasteiger partial charge in [-0.2, -0.15) is 10.1 Å². The van der Waals surface area contributed by atoms with Crippen molar-refractivity contribution in [3.8, 4) is 0 Å². The molecule has 1 aromatic carbocycles. The van der Waals surface area contributed by atoms with E-state index in [1.165, 1.54) is 6.33 Å². The molecule has 1 atom stereocenters. The van der Waals surface area contributed by atoms with Gasteiger partial charge in [-0.1, -0.05) is 18.2 Å². The average Bonchev–Trinajstić information content (AvgIpc) is 3.15. The zero-order chi connectivity index (χ0) is 19.7. The van der Waals surface area contributed by atoms with Crippen LogP contribution in [0.3, 0.4) is 0 Å². The number of nitrogens with one attached hydrogen (secondary N) is 2. The van der Waals surface area contributed by atoms with Crippen molar-refractivity contribution in [2.75, 3.05) is 29.6 Å². The Labute approximate surface area is 162 Å². The average molecular weight is 375 g/mol. The number of hydrogen-bond donors (Lipinski definition) is 2. The minimum Gasteiger partial charge on any atom is -0.378 e. The number of nitrogens with zero attached hydrogens (tertiary/aromatic N) is 5. The molecule has 0 radical (unpaired) electrons. The van der Waals surface area contributed by atoms with Crippen LogP contribution in [-0.2, 0) is 4.79 Å². The Balaban J connectivity index is 1.75. The minimum absolute atomic E-state index is 0.230. The van der Waals surface area contributed by atoms with E-state index in [2.05, 4.69) is 25.7 Å². The lowest BCUT2D eigenvalue weighted by Crippen LogP contribution is -2.31. The van der Waals surface area contributed by atoms with Crippen LogP contribution in [0.1, 0.15) is 18.5 Å². The number of fused-ring (bicyclic) bond motifs is 1. The van der Waals surface area contributed by atoms with Gasteiger partial charge in [0.25, 0.3) is 5.91 Å². The van der Waals surface area contributed by atoms with Gasteiger partial charge in [-0.15, -0.1) is 0 Å². The summed E-state index contributed by atoms with van der Waals surface area (Å²) in [6.07, 6.45) is 3.12. The van der Waals surface area contributed by atoms with Crippen LogP contribution >= 0.6 is 0 Å². The van der Waals surface area contributed by atoms with Gasteiger partial charge in [0.1, 0.15) is 18.2 Å². The molecular formula is C20H21N7O. The van der Waals surface area contributed by atoms with Gasteiger partial charge < -0.3 is 15.5 Å². The summed E-state index contributed by atoms with van der Waals surface area (Å²) in [4.78, 5) is 23.6. The van der Waals surface area contributed by atoms with Gasteiger partial charge in [0.15, 0.2) is 0 Å². The highest BCUT2D eigenvalue weighted by Crippen LogP contribution is 2.35. The molecule has 0 saturated heterocycles. The van der Waals surface area contributed by atoms with Crippen LogP contribution in [-0.4, -0.2) is 39.8 Å². The van der Waals surface area contributed by atoms with Crippen molar-refractivity contribution >= 4 is 23.4 Å². The van der Waals surface area contributed by atoms with E-state index < -0.39 is 6.04 Å². The maximum atomic E-state index is 13.1. The number of allylic oxidation sites excluding steroid dienone is 1. The highest BCUT2D eigenvalue weighted by Gasteiger charge is 2.33. The zero-order valence-corrected chi connectivity index (χ0v) is 15.9. The second kappa shape index (κ2) is 7.15. The number of anilines is 3. The normalized spacial score (nSPS) is 15.6. The lowest BCUT2D eigenvalue weighted by Gasteiger charge is -2.29. The SMILES string of the molecule is CC1=C(C(=O)Nc2ccccn2)[C@H](c2ccc(N(C)C)cc2)n2ncnc2N1. The third-order valence-electron chi connectivity index (χ3n) is 4.67. The third-order valence-corrected chi connectivity index (χ3v) is 4.67. The molecule has 0 aliphatic carbocycles. The van der Waals surface area contributed by atoms with Crippen LogP contribution in [0.4, 0.5) is 17.5 Å². The molecule has 8 heteroatoms. The topological polar surface area (TPSA) is 88.0 Å². The summed E-state index contributed by atoms with van der Waals surface area (Å²) in [5.41, 5.74) is 3.33. The molecule has 8 nitrogen and oxygen atoms in total. The Kier molecular flexibility index (Phi) is 4.52. The van der Waals surface area contributed by atoms with Gasteiger partial charge in [-0.05, 0) is 36.8 Å². The molecule has 28 heavy (non-hydrogen) atoms. The van der Waals surface area contributed by atoms with E-state index in [1.54, 1.807) is 23.0 Å². The summed E-state index contributed by atoms with van der Waals surface area (Å²) in [6.45, 7) is 1.87. The molecule has 1 aliphatic heterocycles. The predicted molar refractivity (Wildman–Crippen MR) is 108 cm³/mol. The molecule has 1 aliphatic rings. The maximum absolute atomic E-state index is 13.1. The maximum Gasteiger partial charge on any atom is 0.257 e. The summed E-state index contributed by atoms with van der Waals surface area (Å²) < 4.78 is 1.73. The zero-order valence-electron chi connectivity index (χ0n) is 15.9. The third kappa shape index (κ3) is 3.20. The Bertz CT molecular complexity index is 1020. The van der Waals surface area contributed by atoms with E-state index in [0.29, 0.717) is 17.3 Å². The molecule has 1 amide bonds. The van der Waals surface area contributed by atoms with Crippen molar-refractivity contribution < 1.29 is 4.79 Å². The van der Waals surface area contributed by atoms with E-state index in [4.69, 9.17) is 0 Å². The number of amides is 1. The Morgan fingerprint density at radius 1 is 1.14 bits per heavy atom. The van der Waals surface area contributed by atoms with Crippen LogP contribution in [0, 0.1) is 0 Å². The van der Waals surface area contributed by atoms with E-state index >= 15 is 0 Å². The van der Waals surface area contributed by atoms with Crippen molar-refractivity contribution in [1.29, 1.82) is 0 Å². The second-order valence-electron chi connectivity index (χ2n) is 6.75. The summed E-state index contributed by atoms with van der Waals surface area (Å²) in [6, 6.07) is 13.1. The molecule has 0 spiro atoms. The predicted octanol–water partition coefficient (Wildman–Crippen LogP) is 2.67. The Morgan fingerprint density at radius 2 is 1.93 bits per heavy atom. The van der Waals surface area contributed by atoms with E-state index in [0.717, 1.165) is 16.9 Å². The molecule has 142 valence electrons. The second-order valence-corrected chi connectivity index (χ2v) is 6.75. The summed E-state index contributed by atoms with van der Waals surface area (Å²) in [7, 11) is 3.98. The van der Waals surface area contributed by atoms with E-state index in [9.17, 15) is 4.79 Å². The van der Waals surface area contributed by atoms with Crippen molar-refractivity contribution in [3.05, 3.63) is 71.8 Å². The first-order valence-electron chi connectivity index (χ1n) is 8.91. The monoisotopic (exact) mass is 375 g/mol. The molecule has 0 saturated carbocycles. The van der Waals surface area contributed by atoms with E-state index in [1.807, 2.05) is 56.3 Å². The fourth-order valence-corrected chi connectivity index (χ4v) is 3.27. The molecular weight excluding hydrogens is 354 g/mol. The molecule has 0 fully saturated rings. The summed E-state index contributed by atoms with van der Waals surface area (Å²) >= 11 is 0. The number of hydrogen-bond acceptors (Lipinski definition) is 6. The molecule has 2 N–H and O–H groups in total. The number of aromatic nitrogens is 4. The summed E-state index contributed by atoms with van der Waals surface area (Å²) in [5.74, 6) is 0.874. The lowest BCUT2D eigenvalue weighted by molar-refractivity contribution is -0.113. The van der Waals surface area contributed by atoms with Gasteiger partial charge in [-0.3, -0.25) is 4.79 Å². The molecule has 2 aromatic heterocycles. The largest absolute Gasteiger partial charge is 0.378 e. The Morgan fingerprint density at radius 3 is 2.61 bits per heavy atom. The first kappa shape index (κ1) is 17.7. The standard InChI is InChI=1S/C20H21N7O/c1-13-17(19(28)25-16-6-4-5-11-21-16)18(27-20(24-13)22-12-23-27)14-7-9-15(10-8-14)26(2)3/h4-12,18H,1-3H3,(H,21,25,28)(H,22,23,24)/t18-/m0/s1. The first-order chi connectivity index (χ1) is 13.5. The molecule has 0 bridgehead atoms. The highest BCUT2D eigenvalue weighted by molar-refractivity contribution is 6.05. The van der Waals surface area contributed by atoms with Crippen molar-refractivity contribution in [2.24, 2.45) is 0 Å². The van der Waals surface area contributed by atoms with Gasteiger partial charge in [0.05, 0.1) is 5.57 Å². The van der Waals surface area contributed by atoms with Crippen molar-refractivity contribution in [1.82, 2.24) is 19.7 Å². The molecule has 3 heterocycles. The summed E-state index contributed by atoms with van der Waals surface area (Å²) in [5, 5.41) is 10.4. The number of rotatable bonds is 4. The van der Waals surface area contributed by atoms with Crippen molar-refractivity contribution in [3.63, 3.8) is 0 Å². The highest BCUT2D eigenvalue weighted by atomic mass is 16.1. The van der Waals surface area contributed by atoms with Crippen molar-refractivity contribution in [2.45, 2.75) is 13.0 Å². The smallest absolute Gasteiger partial charge is 0.257 e. The lowest BCUT2D eigenvalue weighted by atomic mass is 9.95. The molecule has 0 unspecified atom stereocenters.